The number of imidazole rings is 1. The first kappa shape index (κ1) is 21.7. The van der Waals surface area contributed by atoms with Crippen LogP contribution >= 0.6 is 0 Å². The minimum Gasteiger partial charge on any atom is -0.459 e. The van der Waals surface area contributed by atoms with Crippen LogP contribution in [0.1, 0.15) is 20.8 Å². The molecule has 0 N–H and O–H groups in total. The molecular weight excluding hydrogens is 404 g/mol. The van der Waals surface area contributed by atoms with E-state index in [9.17, 15) is 14.9 Å². The Bertz CT molecular complexity index is 1060. The Morgan fingerprint density at radius 1 is 1.23 bits per heavy atom. The molecule has 1 aromatic carbocycles. The Balaban J connectivity index is 1.83. The first-order valence-electron chi connectivity index (χ1n) is 9.32. The third-order valence-electron chi connectivity index (χ3n) is 3.95. The number of hydrogen-bond donors (Lipinski definition) is 0. The Kier molecular flexibility index (Phi) is 6.14. The van der Waals surface area contributed by atoms with Crippen molar-refractivity contribution in [2.75, 3.05) is 18.5 Å². The fourth-order valence-corrected chi connectivity index (χ4v) is 2.72. The van der Waals surface area contributed by atoms with Gasteiger partial charge in [0.25, 0.3) is 0 Å². The van der Waals surface area contributed by atoms with E-state index in [0.29, 0.717) is 5.75 Å². The normalized spacial score (nSPS) is 11.1. The van der Waals surface area contributed by atoms with Gasteiger partial charge in [0.1, 0.15) is 24.2 Å². The highest BCUT2D eigenvalue weighted by Gasteiger charge is 2.29. The number of benzene rings is 1. The summed E-state index contributed by atoms with van der Waals surface area (Å²) in [7, 11) is 1.50. The fraction of sp³-hybridized carbons (Fsp3) is 0.300. The third-order valence-corrected chi connectivity index (χ3v) is 3.95. The molecule has 2 aromatic heterocycles. The van der Waals surface area contributed by atoms with Crippen LogP contribution in [0.5, 0.6) is 11.6 Å². The average Bonchev–Trinajstić information content (AvgIpc) is 3.21. The summed E-state index contributed by atoms with van der Waals surface area (Å²) in [6.07, 6.45) is 6.24. The molecular formula is C20H22N6O5. The maximum absolute atomic E-state index is 12.1. The van der Waals surface area contributed by atoms with Gasteiger partial charge in [0.05, 0.1) is 11.3 Å². The molecule has 162 valence electrons. The minimum atomic E-state index is -0.674. The van der Waals surface area contributed by atoms with Gasteiger partial charge < -0.3 is 18.9 Å². The summed E-state index contributed by atoms with van der Waals surface area (Å²) in [5.74, 6) is -0.482. The number of carbonyl (C=O) groups excluding carboxylic acids is 1. The number of carbonyl (C=O) groups is 1. The van der Waals surface area contributed by atoms with E-state index < -0.39 is 22.2 Å². The molecule has 0 spiro atoms. The molecule has 2 heterocycles. The van der Waals surface area contributed by atoms with E-state index in [0.717, 1.165) is 12.0 Å². The van der Waals surface area contributed by atoms with E-state index in [2.05, 4.69) is 15.0 Å². The molecule has 0 aliphatic rings. The Hall–Kier alpha value is -4.02. The summed E-state index contributed by atoms with van der Waals surface area (Å²) in [5.41, 5.74) is -0.279. The van der Waals surface area contributed by atoms with Gasteiger partial charge in [0.2, 0.25) is 5.82 Å². The quantitative estimate of drug-likeness (QED) is 0.318. The monoisotopic (exact) mass is 426 g/mol. The Morgan fingerprint density at radius 3 is 2.52 bits per heavy atom. The molecule has 0 aliphatic carbocycles. The van der Waals surface area contributed by atoms with Crippen molar-refractivity contribution in [3.63, 3.8) is 0 Å². The molecule has 0 unspecified atom stereocenters. The summed E-state index contributed by atoms with van der Waals surface area (Å²) in [6, 6.07) is 6.87. The number of likely N-dealkylation sites (N-methyl/N-ethyl adjacent to an activating group) is 1. The number of anilines is 1. The van der Waals surface area contributed by atoms with Gasteiger partial charge in [-0.05, 0) is 45.0 Å². The van der Waals surface area contributed by atoms with Gasteiger partial charge in [-0.25, -0.2) is 9.97 Å². The van der Waals surface area contributed by atoms with E-state index in [4.69, 9.17) is 9.47 Å². The zero-order valence-electron chi connectivity index (χ0n) is 17.6. The lowest BCUT2D eigenvalue weighted by Gasteiger charge is -2.23. The van der Waals surface area contributed by atoms with E-state index in [1.807, 2.05) is 0 Å². The molecule has 0 fully saturated rings. The molecule has 0 bridgehead atoms. The number of nitro groups is 1. The van der Waals surface area contributed by atoms with Crippen LogP contribution in [0.3, 0.4) is 0 Å². The second-order valence-corrected chi connectivity index (χ2v) is 7.62. The predicted octanol–water partition coefficient (Wildman–Crippen LogP) is 3.14. The molecule has 0 saturated carbocycles. The largest absolute Gasteiger partial charge is 0.459 e. The predicted molar refractivity (Wildman–Crippen MR) is 111 cm³/mol. The lowest BCUT2D eigenvalue weighted by Crippen LogP contribution is -2.33. The van der Waals surface area contributed by atoms with Crippen LogP contribution in [-0.4, -0.2) is 49.6 Å². The van der Waals surface area contributed by atoms with Gasteiger partial charge in [-0.1, -0.05) is 0 Å². The van der Waals surface area contributed by atoms with Crippen molar-refractivity contribution < 1.29 is 19.2 Å². The molecule has 0 saturated heterocycles. The summed E-state index contributed by atoms with van der Waals surface area (Å²) >= 11 is 0. The molecule has 31 heavy (non-hydrogen) atoms. The fourth-order valence-electron chi connectivity index (χ4n) is 2.72. The van der Waals surface area contributed by atoms with Crippen molar-refractivity contribution in [1.82, 2.24) is 19.5 Å². The zero-order chi connectivity index (χ0) is 22.6. The topological polar surface area (TPSA) is 126 Å². The van der Waals surface area contributed by atoms with E-state index in [-0.39, 0.29) is 18.2 Å². The second-order valence-electron chi connectivity index (χ2n) is 7.62. The summed E-state index contributed by atoms with van der Waals surface area (Å²) < 4.78 is 12.7. The Labute approximate surface area is 178 Å². The molecule has 11 nitrogen and oxygen atoms in total. The number of nitrogens with zero attached hydrogens (tertiary/aromatic N) is 6. The average molecular weight is 426 g/mol. The van der Waals surface area contributed by atoms with Crippen molar-refractivity contribution >= 4 is 17.5 Å². The van der Waals surface area contributed by atoms with Gasteiger partial charge >= 0.3 is 17.5 Å². The van der Waals surface area contributed by atoms with Crippen LogP contribution in [0.4, 0.5) is 11.5 Å². The number of aromatic nitrogens is 4. The van der Waals surface area contributed by atoms with Crippen LogP contribution < -0.4 is 9.64 Å². The number of esters is 1. The molecule has 0 aliphatic heterocycles. The first-order chi connectivity index (χ1) is 14.6. The number of hydrogen-bond acceptors (Lipinski definition) is 9. The van der Waals surface area contributed by atoms with Crippen LogP contribution in [0, 0.1) is 10.1 Å². The maximum atomic E-state index is 12.1. The lowest BCUT2D eigenvalue weighted by molar-refractivity contribution is -0.385. The smallest absolute Gasteiger partial charge is 0.373 e. The number of ether oxygens (including phenoxy) is 2. The molecule has 11 heteroatoms. The van der Waals surface area contributed by atoms with Gasteiger partial charge in [0.15, 0.2) is 0 Å². The molecule has 0 radical (unpaired) electrons. The standard InChI is InChI=1S/C20H22N6O5/c1-20(2,3)31-16(27)11-24(4)18-17(26(28)29)19(23-12-22-18)30-15-7-5-14(6-8-15)25-10-9-21-13-25/h5-10,12-13H,11H2,1-4H3. The van der Waals surface area contributed by atoms with E-state index in [1.54, 1.807) is 68.3 Å². The van der Waals surface area contributed by atoms with E-state index in [1.165, 1.54) is 11.9 Å². The molecule has 3 rings (SSSR count). The summed E-state index contributed by atoms with van der Waals surface area (Å²) in [4.78, 5) is 36.4. The van der Waals surface area contributed by atoms with Gasteiger partial charge in [0, 0.05) is 25.1 Å². The SMILES string of the molecule is CN(CC(=O)OC(C)(C)C)c1ncnc(Oc2ccc(-n3ccnc3)cc2)c1[N+](=O)[O-]. The summed E-state index contributed by atoms with van der Waals surface area (Å²) in [6.45, 7) is 4.99. The third kappa shape index (κ3) is 5.53. The van der Waals surface area contributed by atoms with Crippen molar-refractivity contribution in [2.24, 2.45) is 0 Å². The lowest BCUT2D eigenvalue weighted by atomic mass is 10.2. The first-order valence-corrected chi connectivity index (χ1v) is 9.32. The van der Waals surface area contributed by atoms with Gasteiger partial charge in [-0.3, -0.25) is 14.9 Å². The highest BCUT2D eigenvalue weighted by molar-refractivity contribution is 5.77. The Morgan fingerprint density at radius 2 is 1.94 bits per heavy atom. The highest BCUT2D eigenvalue weighted by Crippen LogP contribution is 2.35. The van der Waals surface area contributed by atoms with Crippen LogP contribution in [0.15, 0.2) is 49.3 Å². The minimum absolute atomic E-state index is 0.0594. The van der Waals surface area contributed by atoms with Gasteiger partial charge in [-0.2, -0.15) is 4.98 Å². The highest BCUT2D eigenvalue weighted by atomic mass is 16.6. The second kappa shape index (κ2) is 8.78. The van der Waals surface area contributed by atoms with Crippen molar-refractivity contribution in [3.8, 4) is 17.3 Å². The van der Waals surface area contributed by atoms with Crippen LogP contribution in [0.2, 0.25) is 0 Å². The molecule has 0 amide bonds. The van der Waals surface area contributed by atoms with Crippen LogP contribution in [0.25, 0.3) is 5.69 Å². The molecule has 3 aromatic rings. The maximum Gasteiger partial charge on any atom is 0.373 e. The zero-order valence-corrected chi connectivity index (χ0v) is 17.6. The van der Waals surface area contributed by atoms with Crippen LogP contribution in [-0.2, 0) is 9.53 Å². The van der Waals surface area contributed by atoms with E-state index >= 15 is 0 Å². The van der Waals surface area contributed by atoms with Crippen molar-refractivity contribution in [2.45, 2.75) is 26.4 Å². The van der Waals surface area contributed by atoms with Crippen molar-refractivity contribution in [1.29, 1.82) is 0 Å². The molecule has 0 atom stereocenters. The van der Waals surface area contributed by atoms with Crippen molar-refractivity contribution in [3.05, 3.63) is 59.4 Å². The van der Waals surface area contributed by atoms with Gasteiger partial charge in [-0.15, -0.1) is 0 Å². The number of rotatable bonds is 7. The summed E-state index contributed by atoms with van der Waals surface area (Å²) in [5, 5.41) is 11.8.